The number of rotatable bonds is 1. The van der Waals surface area contributed by atoms with Gasteiger partial charge in [0.15, 0.2) is 0 Å². The van der Waals surface area contributed by atoms with Crippen molar-refractivity contribution in [3.63, 3.8) is 0 Å². The summed E-state index contributed by atoms with van der Waals surface area (Å²) in [5, 5.41) is 8.91. The van der Waals surface area contributed by atoms with Crippen molar-refractivity contribution in [2.24, 2.45) is 10.9 Å². The number of nitrogens with one attached hydrogen (secondary N) is 2. The Morgan fingerprint density at radius 2 is 2.07 bits per heavy atom. The van der Waals surface area contributed by atoms with Crippen molar-refractivity contribution in [2.75, 3.05) is 5.75 Å². The molecule has 1 aromatic heterocycles. The molecule has 4 bridgehead atoms. The van der Waals surface area contributed by atoms with Crippen molar-refractivity contribution in [3.05, 3.63) is 16.1 Å². The number of fused-ring (bicyclic) bond motifs is 4. The highest BCUT2D eigenvalue weighted by Gasteiger charge is 2.41. The van der Waals surface area contributed by atoms with Gasteiger partial charge in [-0.15, -0.1) is 23.1 Å². The third-order valence-corrected chi connectivity index (χ3v) is 6.66. The lowest BCUT2D eigenvalue weighted by molar-refractivity contribution is -0.154. The number of esters is 1. The smallest absolute Gasteiger partial charge is 0.329 e. The molecular weight excluding hydrogens is 400 g/mol. The SMILES string of the molecule is CC(C)[C@@H]1NC(=O)[C@]2(C)CSC(=N2)c2csc(n2)CNC(=O)C[C@@H](C)OC1=O. The summed E-state index contributed by atoms with van der Waals surface area (Å²) in [6, 6.07) is -0.808. The van der Waals surface area contributed by atoms with E-state index < -0.39 is 23.7 Å². The Balaban J connectivity index is 1.92. The second kappa shape index (κ2) is 8.20. The minimum atomic E-state index is -0.978. The molecular formula is C18H24N4O4S2. The molecule has 0 unspecified atom stereocenters. The third-order valence-electron chi connectivity index (χ3n) is 4.53. The van der Waals surface area contributed by atoms with Crippen LogP contribution in [-0.2, 0) is 25.7 Å². The molecule has 152 valence electrons. The zero-order valence-corrected chi connectivity index (χ0v) is 17.9. The number of nitrogens with zero attached hydrogens (tertiary/aromatic N) is 2. The molecule has 0 fully saturated rings. The Morgan fingerprint density at radius 1 is 1.32 bits per heavy atom. The lowest BCUT2D eigenvalue weighted by Crippen LogP contribution is -2.53. The summed E-state index contributed by atoms with van der Waals surface area (Å²) in [6.07, 6.45) is -0.559. The summed E-state index contributed by atoms with van der Waals surface area (Å²) in [5.74, 6) is -0.794. The van der Waals surface area contributed by atoms with Crippen LogP contribution in [-0.4, -0.2) is 51.2 Å². The zero-order valence-electron chi connectivity index (χ0n) is 16.3. The van der Waals surface area contributed by atoms with Crippen LogP contribution in [0, 0.1) is 5.92 Å². The van der Waals surface area contributed by atoms with Gasteiger partial charge in [0, 0.05) is 11.1 Å². The van der Waals surface area contributed by atoms with E-state index in [4.69, 9.17) is 4.74 Å². The van der Waals surface area contributed by atoms with E-state index in [1.54, 1.807) is 13.8 Å². The average molecular weight is 425 g/mol. The van der Waals surface area contributed by atoms with E-state index >= 15 is 0 Å². The predicted octanol–water partition coefficient (Wildman–Crippen LogP) is 1.49. The molecule has 8 nitrogen and oxygen atoms in total. The van der Waals surface area contributed by atoms with Crippen LogP contribution in [0.5, 0.6) is 0 Å². The van der Waals surface area contributed by atoms with Crippen molar-refractivity contribution < 1.29 is 19.1 Å². The van der Waals surface area contributed by atoms with Crippen LogP contribution < -0.4 is 10.6 Å². The average Bonchev–Trinajstić information content (AvgIpc) is 3.23. The molecule has 3 atom stereocenters. The Kier molecular flexibility index (Phi) is 6.09. The molecule has 0 saturated carbocycles. The summed E-state index contributed by atoms with van der Waals surface area (Å²) in [6.45, 7) is 7.38. The van der Waals surface area contributed by atoms with Gasteiger partial charge >= 0.3 is 5.97 Å². The number of amides is 2. The van der Waals surface area contributed by atoms with Crippen LogP contribution in [0.1, 0.15) is 44.8 Å². The maximum Gasteiger partial charge on any atom is 0.329 e. The van der Waals surface area contributed by atoms with Crippen molar-refractivity contribution >= 4 is 45.9 Å². The quantitative estimate of drug-likeness (QED) is 0.661. The summed E-state index contributed by atoms with van der Waals surface area (Å²) < 4.78 is 5.42. The molecule has 3 rings (SSSR count). The van der Waals surface area contributed by atoms with E-state index in [9.17, 15) is 14.4 Å². The molecule has 3 heterocycles. The number of thioether (sulfide) groups is 1. The largest absolute Gasteiger partial charge is 0.461 e. The topological polar surface area (TPSA) is 110 Å². The molecule has 2 amide bonds. The lowest BCUT2D eigenvalue weighted by Gasteiger charge is -2.26. The number of aromatic nitrogens is 1. The minimum absolute atomic E-state index is 0.0447. The van der Waals surface area contributed by atoms with E-state index in [1.807, 2.05) is 19.2 Å². The normalized spacial score (nSPS) is 29.2. The highest BCUT2D eigenvalue weighted by molar-refractivity contribution is 8.14. The highest BCUT2D eigenvalue weighted by atomic mass is 32.2. The van der Waals surface area contributed by atoms with E-state index in [2.05, 4.69) is 20.6 Å². The first kappa shape index (κ1) is 20.8. The molecule has 10 heteroatoms. The van der Waals surface area contributed by atoms with Crippen molar-refractivity contribution in [3.8, 4) is 0 Å². The van der Waals surface area contributed by atoms with Crippen molar-refractivity contribution in [1.29, 1.82) is 0 Å². The molecule has 0 radical (unpaired) electrons. The number of aliphatic imine (C=N–C) groups is 1. The standard InChI is InChI=1S/C18H24N4O4S2/c1-9(2)14-16(24)26-10(3)5-12(23)19-6-13-20-11(7-27-13)15-22-18(4,8-28-15)17(25)21-14/h7,9-10,14H,5-6,8H2,1-4H3,(H,19,23)(H,21,25)/t10-,14+,18+/m1/s1. The monoisotopic (exact) mass is 424 g/mol. The first-order valence-electron chi connectivity index (χ1n) is 9.13. The maximum atomic E-state index is 12.9. The van der Waals surface area contributed by atoms with Gasteiger partial charge in [-0.3, -0.25) is 14.6 Å². The van der Waals surface area contributed by atoms with Gasteiger partial charge in [0.1, 0.15) is 33.4 Å². The fraction of sp³-hybridized carbons (Fsp3) is 0.611. The lowest BCUT2D eigenvalue weighted by atomic mass is 10.0. The minimum Gasteiger partial charge on any atom is -0.461 e. The van der Waals surface area contributed by atoms with E-state index in [0.717, 1.165) is 5.01 Å². The number of carbonyl (C=O) groups excluding carboxylic acids is 3. The van der Waals surface area contributed by atoms with Crippen LogP contribution in [0.25, 0.3) is 0 Å². The zero-order chi connectivity index (χ0) is 20.5. The predicted molar refractivity (Wildman–Crippen MR) is 108 cm³/mol. The van der Waals surface area contributed by atoms with Crippen LogP contribution in [0.4, 0.5) is 0 Å². The summed E-state index contributed by atoms with van der Waals surface area (Å²) in [7, 11) is 0. The number of cyclic esters (lactones) is 1. The van der Waals surface area contributed by atoms with Gasteiger partial charge in [-0.25, -0.2) is 9.78 Å². The number of ether oxygens (including phenoxy) is 1. The molecule has 0 aromatic carbocycles. The van der Waals surface area contributed by atoms with E-state index in [-0.39, 0.29) is 24.2 Å². The second-order valence-corrected chi connectivity index (χ2v) is 9.44. The van der Waals surface area contributed by atoms with Crippen LogP contribution in [0.15, 0.2) is 10.4 Å². The molecule has 0 saturated heterocycles. The maximum absolute atomic E-state index is 12.9. The Bertz CT molecular complexity index is 822. The van der Waals surface area contributed by atoms with Gasteiger partial charge in [-0.2, -0.15) is 0 Å². The van der Waals surface area contributed by atoms with E-state index in [0.29, 0.717) is 23.0 Å². The van der Waals surface area contributed by atoms with Crippen LogP contribution in [0.2, 0.25) is 0 Å². The highest BCUT2D eigenvalue weighted by Crippen LogP contribution is 2.32. The van der Waals surface area contributed by atoms with Crippen LogP contribution >= 0.6 is 23.1 Å². The molecule has 2 aliphatic heterocycles. The fourth-order valence-corrected chi connectivity index (χ4v) is 4.78. The van der Waals surface area contributed by atoms with Crippen molar-refractivity contribution in [2.45, 2.75) is 58.3 Å². The van der Waals surface area contributed by atoms with Gasteiger partial charge in [-0.1, -0.05) is 13.8 Å². The summed E-state index contributed by atoms with van der Waals surface area (Å²) in [5.41, 5.74) is -0.273. The second-order valence-electron chi connectivity index (χ2n) is 7.53. The first-order valence-corrected chi connectivity index (χ1v) is 11.0. The Hall–Kier alpha value is -1.94. The summed E-state index contributed by atoms with van der Waals surface area (Å²) >= 11 is 2.89. The van der Waals surface area contributed by atoms with Gasteiger partial charge in [0.25, 0.3) is 0 Å². The fourth-order valence-electron chi connectivity index (χ4n) is 2.85. The first-order chi connectivity index (χ1) is 13.2. The molecule has 1 aromatic rings. The summed E-state index contributed by atoms with van der Waals surface area (Å²) in [4.78, 5) is 46.8. The molecule has 0 aliphatic carbocycles. The van der Waals surface area contributed by atoms with Gasteiger partial charge in [0.2, 0.25) is 11.8 Å². The van der Waals surface area contributed by atoms with Gasteiger partial charge < -0.3 is 15.4 Å². The van der Waals surface area contributed by atoms with E-state index in [1.165, 1.54) is 23.1 Å². The molecule has 2 N–H and O–H groups in total. The molecule has 28 heavy (non-hydrogen) atoms. The number of hydrogen-bond donors (Lipinski definition) is 2. The Labute approximate surface area is 171 Å². The number of hydrogen-bond acceptors (Lipinski definition) is 8. The molecule has 0 spiro atoms. The third kappa shape index (κ3) is 4.54. The van der Waals surface area contributed by atoms with Crippen molar-refractivity contribution in [1.82, 2.24) is 15.6 Å². The Morgan fingerprint density at radius 3 is 2.79 bits per heavy atom. The molecule has 2 aliphatic rings. The number of carbonyl (C=O) groups is 3. The van der Waals surface area contributed by atoms with Gasteiger partial charge in [0.05, 0.1) is 13.0 Å². The van der Waals surface area contributed by atoms with Crippen LogP contribution in [0.3, 0.4) is 0 Å². The van der Waals surface area contributed by atoms with Gasteiger partial charge in [-0.05, 0) is 19.8 Å². The number of thiazole rings is 1.